The Balaban J connectivity index is 2.08. The van der Waals surface area contributed by atoms with E-state index >= 15 is 0 Å². The van der Waals surface area contributed by atoms with Gasteiger partial charge in [0.2, 0.25) is 5.95 Å². The molecule has 0 saturated carbocycles. The monoisotopic (exact) mass is 286 g/mol. The van der Waals surface area contributed by atoms with Crippen LogP contribution in [0.3, 0.4) is 0 Å². The quantitative estimate of drug-likeness (QED) is 0.848. The number of anilines is 1. The number of nitrogens with zero attached hydrogens (tertiary/aromatic N) is 3. The van der Waals surface area contributed by atoms with Crippen LogP contribution in [-0.4, -0.2) is 40.5 Å². The highest BCUT2D eigenvalue weighted by Gasteiger charge is 2.29. The Bertz CT molecular complexity index is 403. The van der Waals surface area contributed by atoms with Gasteiger partial charge >= 0.3 is 0 Å². The van der Waals surface area contributed by atoms with Crippen molar-refractivity contribution in [3.05, 3.63) is 18.2 Å². The van der Waals surface area contributed by atoms with Crippen molar-refractivity contribution in [1.29, 1.82) is 0 Å². The minimum absolute atomic E-state index is 0.100. The fraction of sp³-hybridized carbons (Fsp3) is 0.667. The van der Waals surface area contributed by atoms with Crippen LogP contribution in [0.15, 0.2) is 12.4 Å². The molecule has 0 aliphatic carbocycles. The summed E-state index contributed by atoms with van der Waals surface area (Å²) < 4.78 is 18.7. The minimum atomic E-state index is -0.430. The molecule has 2 N–H and O–H groups in total. The summed E-state index contributed by atoms with van der Waals surface area (Å²) in [5.41, 5.74) is 0. The molecule has 1 aromatic heterocycles. The van der Waals surface area contributed by atoms with Crippen LogP contribution in [0, 0.1) is 5.82 Å². The van der Waals surface area contributed by atoms with Gasteiger partial charge in [0.15, 0.2) is 5.82 Å². The number of ether oxygens (including phenoxy) is 1. The third-order valence-corrected chi connectivity index (χ3v) is 3.65. The smallest absolute Gasteiger partial charge is 0.225 e. The first kappa shape index (κ1) is 14.5. The molecule has 1 saturated heterocycles. The maximum absolute atomic E-state index is 12.9. The van der Waals surface area contributed by atoms with Crippen LogP contribution in [0.25, 0.3) is 0 Å². The Labute approximate surface area is 116 Å². The molecule has 19 heavy (non-hydrogen) atoms. The summed E-state index contributed by atoms with van der Waals surface area (Å²) >= 11 is 1.33. The van der Waals surface area contributed by atoms with Crippen molar-refractivity contribution < 1.29 is 9.13 Å². The zero-order chi connectivity index (χ0) is 13.8. The maximum Gasteiger partial charge on any atom is 0.225 e. The molecule has 0 amide bonds. The minimum Gasteiger partial charge on any atom is -0.374 e. The van der Waals surface area contributed by atoms with Crippen LogP contribution in [-0.2, 0) is 4.74 Å². The zero-order valence-corrected chi connectivity index (χ0v) is 11.9. The fourth-order valence-electron chi connectivity index (χ4n) is 2.22. The van der Waals surface area contributed by atoms with E-state index < -0.39 is 5.82 Å². The van der Waals surface area contributed by atoms with Gasteiger partial charge in [-0.05, 0) is 20.3 Å². The van der Waals surface area contributed by atoms with Crippen molar-refractivity contribution in [3.8, 4) is 0 Å². The van der Waals surface area contributed by atoms with E-state index in [1.807, 2.05) is 18.7 Å². The molecule has 1 fully saturated rings. The van der Waals surface area contributed by atoms with Crippen LogP contribution in [0.5, 0.6) is 0 Å². The number of halogens is 1. The van der Waals surface area contributed by atoms with Crippen molar-refractivity contribution in [2.75, 3.05) is 18.0 Å². The number of piperidine rings is 1. The van der Waals surface area contributed by atoms with E-state index in [0.717, 1.165) is 13.0 Å². The van der Waals surface area contributed by atoms with E-state index in [-0.39, 0.29) is 17.5 Å². The van der Waals surface area contributed by atoms with E-state index in [9.17, 15) is 4.39 Å². The first-order chi connectivity index (χ1) is 9.08. The van der Waals surface area contributed by atoms with Gasteiger partial charge in [0.25, 0.3) is 0 Å². The molecule has 1 aliphatic rings. The Hall–Kier alpha value is -0.920. The molecular weight excluding hydrogens is 267 g/mol. The predicted octanol–water partition coefficient (Wildman–Crippen LogP) is 1.59. The average Bonchev–Trinajstić information content (AvgIpc) is 2.38. The van der Waals surface area contributed by atoms with Crippen LogP contribution in [0.4, 0.5) is 10.3 Å². The first-order valence-corrected chi connectivity index (χ1v) is 7.26. The summed E-state index contributed by atoms with van der Waals surface area (Å²) in [4.78, 5) is 10.0. The molecule has 0 spiro atoms. The molecule has 0 bridgehead atoms. The molecule has 0 aromatic carbocycles. The summed E-state index contributed by atoms with van der Waals surface area (Å²) in [7, 11) is 0. The molecule has 2 heterocycles. The second kappa shape index (κ2) is 6.49. The Morgan fingerprint density at radius 1 is 1.42 bits per heavy atom. The lowest BCUT2D eigenvalue weighted by molar-refractivity contribution is 0.00195. The number of nitrogens with two attached hydrogens (primary N) is 1. The number of hydrogen-bond donors (Lipinski definition) is 1. The van der Waals surface area contributed by atoms with Gasteiger partial charge in [-0.1, -0.05) is 11.9 Å². The molecular formula is C12H19FN4OS. The lowest BCUT2D eigenvalue weighted by atomic mass is 10.1. The molecule has 5 nitrogen and oxygen atoms in total. The third-order valence-electron chi connectivity index (χ3n) is 2.92. The molecule has 106 valence electrons. The van der Waals surface area contributed by atoms with Gasteiger partial charge in [0.05, 0.1) is 24.6 Å². The van der Waals surface area contributed by atoms with Crippen LogP contribution in [0.1, 0.15) is 20.3 Å². The normalized spacial score (nSPS) is 23.9. The van der Waals surface area contributed by atoms with E-state index in [0.29, 0.717) is 12.5 Å². The number of aromatic nitrogens is 2. The average molecular weight is 286 g/mol. The van der Waals surface area contributed by atoms with E-state index in [1.165, 1.54) is 24.3 Å². The summed E-state index contributed by atoms with van der Waals surface area (Å²) in [6.45, 7) is 5.49. The molecule has 2 unspecified atom stereocenters. The van der Waals surface area contributed by atoms with Gasteiger partial charge in [-0.25, -0.2) is 14.4 Å². The van der Waals surface area contributed by atoms with Crippen LogP contribution < -0.4 is 10.0 Å². The lowest BCUT2D eigenvalue weighted by Crippen LogP contribution is -2.47. The molecule has 0 radical (unpaired) electrons. The predicted molar refractivity (Wildman–Crippen MR) is 74.4 cm³/mol. The number of hydrogen-bond acceptors (Lipinski definition) is 6. The molecule has 2 atom stereocenters. The third kappa shape index (κ3) is 4.02. The highest BCUT2D eigenvalue weighted by Crippen LogP contribution is 2.24. The zero-order valence-electron chi connectivity index (χ0n) is 11.1. The first-order valence-electron chi connectivity index (χ1n) is 6.32. The fourth-order valence-corrected chi connectivity index (χ4v) is 2.81. The summed E-state index contributed by atoms with van der Waals surface area (Å²) in [6.07, 6.45) is 3.54. The second-order valence-electron chi connectivity index (χ2n) is 4.91. The van der Waals surface area contributed by atoms with Crippen molar-refractivity contribution in [2.45, 2.75) is 37.7 Å². The highest BCUT2D eigenvalue weighted by atomic mass is 32.2. The van der Waals surface area contributed by atoms with Gasteiger partial charge in [-0.15, -0.1) is 0 Å². The van der Waals surface area contributed by atoms with Crippen molar-refractivity contribution in [3.63, 3.8) is 0 Å². The Morgan fingerprint density at radius 3 is 2.68 bits per heavy atom. The van der Waals surface area contributed by atoms with E-state index in [4.69, 9.17) is 9.88 Å². The SMILES string of the molecule is CC(C)OC1CC(SN)CN(c2ncc(F)cn2)C1. The van der Waals surface area contributed by atoms with Gasteiger partial charge in [0.1, 0.15) is 0 Å². The summed E-state index contributed by atoms with van der Waals surface area (Å²) in [5, 5.41) is 5.96. The molecule has 2 rings (SSSR count). The molecule has 7 heteroatoms. The summed E-state index contributed by atoms with van der Waals surface area (Å²) in [6, 6.07) is 0. The molecule has 1 aliphatic heterocycles. The van der Waals surface area contributed by atoms with Crippen molar-refractivity contribution in [1.82, 2.24) is 9.97 Å². The van der Waals surface area contributed by atoms with Crippen LogP contribution in [0.2, 0.25) is 0 Å². The van der Waals surface area contributed by atoms with E-state index in [1.54, 1.807) is 0 Å². The van der Waals surface area contributed by atoms with Gasteiger partial charge in [0, 0.05) is 18.3 Å². The molecule has 1 aromatic rings. The van der Waals surface area contributed by atoms with E-state index in [2.05, 4.69) is 9.97 Å². The van der Waals surface area contributed by atoms with Gasteiger partial charge < -0.3 is 9.64 Å². The Morgan fingerprint density at radius 2 is 2.11 bits per heavy atom. The largest absolute Gasteiger partial charge is 0.374 e. The summed E-state index contributed by atoms with van der Waals surface area (Å²) in [5.74, 6) is 0.0954. The maximum atomic E-state index is 12.9. The van der Waals surface area contributed by atoms with Gasteiger partial charge in [-0.2, -0.15) is 0 Å². The van der Waals surface area contributed by atoms with Crippen molar-refractivity contribution >= 4 is 17.9 Å². The second-order valence-corrected chi connectivity index (χ2v) is 5.85. The van der Waals surface area contributed by atoms with Crippen molar-refractivity contribution in [2.24, 2.45) is 5.14 Å². The van der Waals surface area contributed by atoms with Gasteiger partial charge in [-0.3, -0.25) is 5.14 Å². The standard InChI is InChI=1S/C12H19FN4OS/c1-8(2)18-10-3-11(19-14)7-17(6-10)12-15-4-9(13)5-16-12/h4-5,8,10-11H,3,6-7,14H2,1-2H3. The van der Waals surface area contributed by atoms with Crippen LogP contribution >= 0.6 is 11.9 Å². The topological polar surface area (TPSA) is 64.3 Å². The highest BCUT2D eigenvalue weighted by molar-refractivity contribution is 7.97. The Kier molecular flexibility index (Phi) is 4.95. The lowest BCUT2D eigenvalue weighted by Gasteiger charge is -2.37. The number of rotatable bonds is 4.